The molecule has 0 aliphatic rings. The zero-order valence-electron chi connectivity index (χ0n) is 8.67. The van der Waals surface area contributed by atoms with E-state index in [0.29, 0.717) is 5.75 Å². The van der Waals surface area contributed by atoms with Crippen LogP contribution in [0.5, 0.6) is 0 Å². The van der Waals surface area contributed by atoms with E-state index in [1.165, 1.54) is 11.8 Å². The highest BCUT2D eigenvalue weighted by Crippen LogP contribution is 2.17. The van der Waals surface area contributed by atoms with Gasteiger partial charge in [0.1, 0.15) is 0 Å². The van der Waals surface area contributed by atoms with Gasteiger partial charge in [-0.05, 0) is 12.1 Å². The maximum Gasteiger partial charge on any atom is 0.173 e. The molecule has 0 unspecified atom stereocenters. The number of pyridine rings is 1. The number of hydrogen-bond acceptors (Lipinski definition) is 3. The number of thioether (sulfide) groups is 1. The molecule has 0 aliphatic heterocycles. The lowest BCUT2D eigenvalue weighted by molar-refractivity contribution is 0.102. The summed E-state index contributed by atoms with van der Waals surface area (Å²) in [4.78, 5) is 16.8. The van der Waals surface area contributed by atoms with Crippen LogP contribution in [0.25, 0.3) is 0 Å². The molecule has 1 heterocycles. The van der Waals surface area contributed by atoms with Gasteiger partial charge >= 0.3 is 0 Å². The average molecular weight is 229 g/mol. The monoisotopic (exact) mass is 229 g/mol. The van der Waals surface area contributed by atoms with Gasteiger partial charge in [-0.1, -0.05) is 30.3 Å². The van der Waals surface area contributed by atoms with Gasteiger partial charge < -0.3 is 0 Å². The first-order valence-electron chi connectivity index (χ1n) is 4.97. The van der Waals surface area contributed by atoms with Crippen LogP contribution in [0.15, 0.2) is 59.8 Å². The highest BCUT2D eigenvalue weighted by atomic mass is 32.2. The van der Waals surface area contributed by atoms with Gasteiger partial charge in [0.15, 0.2) is 5.78 Å². The van der Waals surface area contributed by atoms with Gasteiger partial charge in [-0.15, -0.1) is 11.8 Å². The van der Waals surface area contributed by atoms with E-state index in [1.54, 1.807) is 12.4 Å². The Morgan fingerprint density at radius 2 is 1.75 bits per heavy atom. The molecule has 0 fully saturated rings. The third-order valence-electron chi connectivity index (χ3n) is 2.12. The number of carbonyl (C=O) groups excluding carboxylic acids is 1. The number of benzene rings is 1. The molecule has 2 nitrogen and oxygen atoms in total. The Kier molecular flexibility index (Phi) is 3.72. The van der Waals surface area contributed by atoms with E-state index in [4.69, 9.17) is 0 Å². The predicted molar refractivity (Wildman–Crippen MR) is 65.7 cm³/mol. The largest absolute Gasteiger partial charge is 0.293 e. The standard InChI is InChI=1S/C13H11NOS/c15-13(11-4-2-1-3-5-11)10-16-12-6-8-14-9-7-12/h1-9H,10H2. The molecule has 80 valence electrons. The SMILES string of the molecule is O=C(CSc1ccncc1)c1ccccc1. The van der Waals surface area contributed by atoms with Gasteiger partial charge in [0.25, 0.3) is 0 Å². The Morgan fingerprint density at radius 3 is 2.44 bits per heavy atom. The fourth-order valence-electron chi connectivity index (χ4n) is 1.29. The minimum atomic E-state index is 0.155. The van der Waals surface area contributed by atoms with E-state index in [-0.39, 0.29) is 5.78 Å². The number of nitrogens with zero attached hydrogens (tertiary/aromatic N) is 1. The molecule has 0 bridgehead atoms. The molecule has 0 N–H and O–H groups in total. The Bertz CT molecular complexity index is 456. The minimum absolute atomic E-state index is 0.155. The van der Waals surface area contributed by atoms with Gasteiger partial charge in [0.05, 0.1) is 5.75 Å². The molecule has 0 radical (unpaired) electrons. The molecule has 0 aliphatic carbocycles. The van der Waals surface area contributed by atoms with Crippen LogP contribution in [0.4, 0.5) is 0 Å². The number of Topliss-reactive ketones (excluding diaryl/α,β-unsaturated/α-hetero) is 1. The molecular weight excluding hydrogens is 218 g/mol. The van der Waals surface area contributed by atoms with Crippen molar-refractivity contribution >= 4 is 17.5 Å². The van der Waals surface area contributed by atoms with Gasteiger partial charge in [0, 0.05) is 22.9 Å². The lowest BCUT2D eigenvalue weighted by atomic mass is 10.2. The molecule has 3 heteroatoms. The third kappa shape index (κ3) is 2.94. The molecule has 1 aromatic carbocycles. The number of carbonyl (C=O) groups is 1. The molecule has 0 saturated carbocycles. The van der Waals surface area contributed by atoms with Crippen LogP contribution in [0, 0.1) is 0 Å². The molecule has 2 aromatic rings. The maximum atomic E-state index is 11.8. The van der Waals surface area contributed by atoms with E-state index in [1.807, 2.05) is 42.5 Å². The molecule has 2 rings (SSSR count). The van der Waals surface area contributed by atoms with Gasteiger partial charge in [-0.25, -0.2) is 0 Å². The van der Waals surface area contributed by atoms with Crippen molar-refractivity contribution in [2.75, 3.05) is 5.75 Å². The maximum absolute atomic E-state index is 11.8. The van der Waals surface area contributed by atoms with Crippen molar-refractivity contribution in [2.24, 2.45) is 0 Å². The van der Waals surface area contributed by atoms with Crippen LogP contribution in [-0.4, -0.2) is 16.5 Å². The molecule has 0 spiro atoms. The smallest absolute Gasteiger partial charge is 0.173 e. The van der Waals surface area contributed by atoms with Crippen LogP contribution < -0.4 is 0 Å². The average Bonchev–Trinajstić information content (AvgIpc) is 2.38. The van der Waals surface area contributed by atoms with Crippen LogP contribution in [0.2, 0.25) is 0 Å². The van der Waals surface area contributed by atoms with Gasteiger partial charge in [-0.2, -0.15) is 0 Å². The number of hydrogen-bond donors (Lipinski definition) is 0. The third-order valence-corrected chi connectivity index (χ3v) is 3.13. The summed E-state index contributed by atoms with van der Waals surface area (Å²) in [6.45, 7) is 0. The molecular formula is C13H11NOS. The summed E-state index contributed by atoms with van der Waals surface area (Å²) >= 11 is 1.53. The summed E-state index contributed by atoms with van der Waals surface area (Å²) in [6, 6.07) is 13.2. The van der Waals surface area contributed by atoms with Crippen molar-refractivity contribution in [1.82, 2.24) is 4.98 Å². The lowest BCUT2D eigenvalue weighted by Gasteiger charge is -2.00. The first-order chi connectivity index (χ1) is 7.86. The topological polar surface area (TPSA) is 30.0 Å². The van der Waals surface area contributed by atoms with E-state index < -0.39 is 0 Å². The zero-order chi connectivity index (χ0) is 11.2. The summed E-state index contributed by atoms with van der Waals surface area (Å²) in [5, 5.41) is 0. The number of aromatic nitrogens is 1. The number of ketones is 1. The zero-order valence-corrected chi connectivity index (χ0v) is 9.48. The fraction of sp³-hybridized carbons (Fsp3) is 0.0769. The van der Waals surface area contributed by atoms with Crippen molar-refractivity contribution < 1.29 is 4.79 Å². The quantitative estimate of drug-likeness (QED) is 0.596. The molecule has 1 aromatic heterocycles. The van der Waals surface area contributed by atoms with Gasteiger partial charge in [0.2, 0.25) is 0 Å². The number of rotatable bonds is 4. The van der Waals surface area contributed by atoms with Crippen LogP contribution in [0.3, 0.4) is 0 Å². The predicted octanol–water partition coefficient (Wildman–Crippen LogP) is 3.06. The Labute approximate surface area is 98.7 Å². The second-order valence-corrected chi connectivity index (χ2v) is 4.31. The van der Waals surface area contributed by atoms with E-state index >= 15 is 0 Å². The Balaban J connectivity index is 1.95. The second-order valence-electron chi connectivity index (χ2n) is 3.26. The van der Waals surface area contributed by atoms with Crippen molar-refractivity contribution in [3.05, 3.63) is 60.4 Å². The summed E-state index contributed by atoms with van der Waals surface area (Å²) < 4.78 is 0. The molecule has 0 atom stereocenters. The van der Waals surface area contributed by atoms with Crippen LogP contribution >= 0.6 is 11.8 Å². The Morgan fingerprint density at radius 1 is 1.06 bits per heavy atom. The normalized spacial score (nSPS) is 10.0. The van der Waals surface area contributed by atoms with Crippen molar-refractivity contribution in [3.8, 4) is 0 Å². The van der Waals surface area contributed by atoms with Crippen molar-refractivity contribution in [3.63, 3.8) is 0 Å². The summed E-state index contributed by atoms with van der Waals surface area (Å²) in [6.07, 6.45) is 3.46. The van der Waals surface area contributed by atoms with E-state index in [0.717, 1.165) is 10.5 Å². The van der Waals surface area contributed by atoms with E-state index in [2.05, 4.69) is 4.98 Å². The van der Waals surface area contributed by atoms with Crippen molar-refractivity contribution in [2.45, 2.75) is 4.90 Å². The Hall–Kier alpha value is -1.61. The fourth-order valence-corrected chi connectivity index (χ4v) is 2.07. The first-order valence-corrected chi connectivity index (χ1v) is 5.96. The van der Waals surface area contributed by atoms with Crippen molar-refractivity contribution in [1.29, 1.82) is 0 Å². The minimum Gasteiger partial charge on any atom is -0.293 e. The second kappa shape index (κ2) is 5.47. The molecule has 0 saturated heterocycles. The molecule has 16 heavy (non-hydrogen) atoms. The first kappa shape index (κ1) is 10.9. The highest BCUT2D eigenvalue weighted by molar-refractivity contribution is 8.00. The summed E-state index contributed by atoms with van der Waals surface area (Å²) in [7, 11) is 0. The van der Waals surface area contributed by atoms with E-state index in [9.17, 15) is 4.79 Å². The lowest BCUT2D eigenvalue weighted by Crippen LogP contribution is -2.01. The van der Waals surface area contributed by atoms with Gasteiger partial charge in [-0.3, -0.25) is 9.78 Å². The molecule has 0 amide bonds. The van der Waals surface area contributed by atoms with Crippen LogP contribution in [0.1, 0.15) is 10.4 Å². The summed E-state index contributed by atoms with van der Waals surface area (Å²) in [5.41, 5.74) is 0.768. The highest BCUT2D eigenvalue weighted by Gasteiger charge is 2.05. The van der Waals surface area contributed by atoms with Crippen LogP contribution in [-0.2, 0) is 0 Å². The summed E-state index contributed by atoms with van der Waals surface area (Å²) in [5.74, 6) is 0.621.